The number of sulfonamides is 1. The largest absolute Gasteiger partial charge is 0.243 e. The SMILES string of the molecule is Cc1ccccc1S(=O)(=O)N(C)C(C)C. The first kappa shape index (κ1) is 12.2. The van der Waals surface area contributed by atoms with Crippen LogP contribution in [0.25, 0.3) is 0 Å². The van der Waals surface area contributed by atoms with Gasteiger partial charge in [0.2, 0.25) is 10.0 Å². The number of benzene rings is 1. The fourth-order valence-electron chi connectivity index (χ4n) is 1.28. The summed E-state index contributed by atoms with van der Waals surface area (Å²) in [5, 5.41) is 0. The maximum Gasteiger partial charge on any atom is 0.243 e. The maximum atomic E-state index is 12.1. The molecule has 0 spiro atoms. The lowest BCUT2D eigenvalue weighted by Crippen LogP contribution is -2.33. The van der Waals surface area contributed by atoms with E-state index < -0.39 is 10.0 Å². The molecule has 0 aliphatic rings. The normalized spacial score (nSPS) is 12.4. The topological polar surface area (TPSA) is 37.4 Å². The van der Waals surface area contributed by atoms with Crippen molar-refractivity contribution in [1.82, 2.24) is 4.31 Å². The molecular weight excluding hydrogens is 210 g/mol. The smallest absolute Gasteiger partial charge is 0.207 e. The molecule has 0 unspecified atom stereocenters. The fourth-order valence-corrected chi connectivity index (χ4v) is 2.87. The van der Waals surface area contributed by atoms with E-state index in [1.807, 2.05) is 19.9 Å². The van der Waals surface area contributed by atoms with E-state index in [1.54, 1.807) is 32.2 Å². The summed E-state index contributed by atoms with van der Waals surface area (Å²) in [7, 11) is -1.73. The van der Waals surface area contributed by atoms with E-state index in [9.17, 15) is 8.42 Å². The van der Waals surface area contributed by atoms with Crippen LogP contribution in [0.5, 0.6) is 0 Å². The van der Waals surface area contributed by atoms with Gasteiger partial charge in [-0.15, -0.1) is 0 Å². The first-order valence-electron chi connectivity index (χ1n) is 4.91. The van der Waals surface area contributed by atoms with Crippen LogP contribution in [-0.4, -0.2) is 25.8 Å². The van der Waals surface area contributed by atoms with Crippen LogP contribution in [0.3, 0.4) is 0 Å². The second-order valence-electron chi connectivity index (χ2n) is 3.88. The Labute approximate surface area is 91.8 Å². The molecule has 1 rings (SSSR count). The highest BCUT2D eigenvalue weighted by molar-refractivity contribution is 7.89. The molecule has 0 atom stereocenters. The standard InChI is InChI=1S/C11H17NO2S/c1-9(2)12(4)15(13,14)11-8-6-5-7-10(11)3/h5-9H,1-4H3. The Morgan fingerprint density at radius 1 is 1.20 bits per heavy atom. The fraction of sp³-hybridized carbons (Fsp3) is 0.455. The highest BCUT2D eigenvalue weighted by Crippen LogP contribution is 2.19. The van der Waals surface area contributed by atoms with Crippen molar-refractivity contribution in [3.63, 3.8) is 0 Å². The summed E-state index contributed by atoms with van der Waals surface area (Å²) < 4.78 is 25.6. The van der Waals surface area contributed by atoms with Crippen molar-refractivity contribution in [1.29, 1.82) is 0 Å². The van der Waals surface area contributed by atoms with Gasteiger partial charge in [0.05, 0.1) is 4.90 Å². The van der Waals surface area contributed by atoms with Gasteiger partial charge in [-0.05, 0) is 32.4 Å². The van der Waals surface area contributed by atoms with Gasteiger partial charge >= 0.3 is 0 Å². The second kappa shape index (κ2) is 4.33. The van der Waals surface area contributed by atoms with Crippen LogP contribution in [0.4, 0.5) is 0 Å². The third-order valence-electron chi connectivity index (χ3n) is 2.48. The third kappa shape index (κ3) is 2.38. The molecule has 0 aliphatic carbocycles. The zero-order chi connectivity index (χ0) is 11.6. The molecule has 0 heterocycles. The predicted molar refractivity (Wildman–Crippen MR) is 61.3 cm³/mol. The molecule has 15 heavy (non-hydrogen) atoms. The lowest BCUT2D eigenvalue weighted by molar-refractivity contribution is 0.410. The van der Waals surface area contributed by atoms with Crippen molar-refractivity contribution in [3.05, 3.63) is 29.8 Å². The number of hydrogen-bond acceptors (Lipinski definition) is 2. The van der Waals surface area contributed by atoms with Crippen LogP contribution in [0.1, 0.15) is 19.4 Å². The molecule has 1 aromatic rings. The highest BCUT2D eigenvalue weighted by Gasteiger charge is 2.23. The summed E-state index contributed by atoms with van der Waals surface area (Å²) in [5.74, 6) is 0. The second-order valence-corrected chi connectivity index (χ2v) is 5.85. The summed E-state index contributed by atoms with van der Waals surface area (Å²) >= 11 is 0. The monoisotopic (exact) mass is 227 g/mol. The Hall–Kier alpha value is -0.870. The zero-order valence-electron chi connectivity index (χ0n) is 9.56. The van der Waals surface area contributed by atoms with Gasteiger partial charge < -0.3 is 0 Å². The summed E-state index contributed by atoms with van der Waals surface area (Å²) in [5.41, 5.74) is 0.782. The number of rotatable bonds is 3. The molecule has 1 aromatic carbocycles. The van der Waals surface area contributed by atoms with Gasteiger partial charge in [0.1, 0.15) is 0 Å². The molecule has 0 bridgehead atoms. The van der Waals surface area contributed by atoms with E-state index >= 15 is 0 Å². The Kier molecular flexibility index (Phi) is 3.52. The number of aryl methyl sites for hydroxylation is 1. The zero-order valence-corrected chi connectivity index (χ0v) is 10.4. The number of hydrogen-bond donors (Lipinski definition) is 0. The van der Waals surface area contributed by atoms with E-state index in [0.717, 1.165) is 5.56 Å². The molecule has 0 aromatic heterocycles. The summed E-state index contributed by atoms with van der Waals surface area (Å²) in [6, 6.07) is 7.00. The minimum Gasteiger partial charge on any atom is -0.207 e. The van der Waals surface area contributed by atoms with E-state index in [1.165, 1.54) is 4.31 Å². The summed E-state index contributed by atoms with van der Waals surface area (Å²) in [4.78, 5) is 0.390. The Morgan fingerprint density at radius 3 is 2.20 bits per heavy atom. The molecular formula is C11H17NO2S. The molecule has 0 amide bonds. The highest BCUT2D eigenvalue weighted by atomic mass is 32.2. The van der Waals surface area contributed by atoms with Gasteiger partial charge in [0.25, 0.3) is 0 Å². The Bertz CT molecular complexity index is 438. The van der Waals surface area contributed by atoms with Crippen molar-refractivity contribution in [3.8, 4) is 0 Å². The van der Waals surface area contributed by atoms with Crippen molar-refractivity contribution >= 4 is 10.0 Å². The van der Waals surface area contributed by atoms with Gasteiger partial charge in [0.15, 0.2) is 0 Å². The van der Waals surface area contributed by atoms with Gasteiger partial charge in [-0.3, -0.25) is 0 Å². The van der Waals surface area contributed by atoms with Crippen molar-refractivity contribution in [2.45, 2.75) is 31.7 Å². The summed E-state index contributed by atoms with van der Waals surface area (Å²) in [6.07, 6.45) is 0. The average Bonchev–Trinajstić information content (AvgIpc) is 2.16. The van der Waals surface area contributed by atoms with Gasteiger partial charge in [-0.2, -0.15) is 4.31 Å². The Morgan fingerprint density at radius 2 is 1.73 bits per heavy atom. The summed E-state index contributed by atoms with van der Waals surface area (Å²) in [6.45, 7) is 5.52. The minimum atomic E-state index is -3.34. The van der Waals surface area contributed by atoms with Crippen LogP contribution in [0.15, 0.2) is 29.2 Å². The number of nitrogens with zero attached hydrogens (tertiary/aromatic N) is 1. The van der Waals surface area contributed by atoms with Crippen LogP contribution in [0.2, 0.25) is 0 Å². The van der Waals surface area contributed by atoms with Crippen molar-refractivity contribution < 1.29 is 8.42 Å². The average molecular weight is 227 g/mol. The molecule has 0 fully saturated rings. The van der Waals surface area contributed by atoms with E-state index in [0.29, 0.717) is 4.90 Å². The van der Waals surface area contributed by atoms with Crippen LogP contribution < -0.4 is 0 Å². The van der Waals surface area contributed by atoms with Crippen LogP contribution in [-0.2, 0) is 10.0 Å². The predicted octanol–water partition coefficient (Wildman–Crippen LogP) is 2.02. The van der Waals surface area contributed by atoms with Gasteiger partial charge in [-0.1, -0.05) is 18.2 Å². The van der Waals surface area contributed by atoms with Crippen molar-refractivity contribution in [2.24, 2.45) is 0 Å². The molecule has 0 saturated heterocycles. The first-order chi connectivity index (χ1) is 6.87. The van der Waals surface area contributed by atoms with Crippen molar-refractivity contribution in [2.75, 3.05) is 7.05 Å². The molecule has 0 saturated carbocycles. The Balaban J connectivity index is 3.24. The van der Waals surface area contributed by atoms with Crippen LogP contribution in [0, 0.1) is 6.92 Å². The molecule has 4 heteroatoms. The lowest BCUT2D eigenvalue weighted by Gasteiger charge is -2.21. The van der Waals surface area contributed by atoms with E-state index in [4.69, 9.17) is 0 Å². The van der Waals surface area contributed by atoms with Gasteiger partial charge in [-0.25, -0.2) is 8.42 Å². The maximum absolute atomic E-state index is 12.1. The molecule has 0 N–H and O–H groups in total. The van der Waals surface area contributed by atoms with Crippen LogP contribution >= 0.6 is 0 Å². The quantitative estimate of drug-likeness (QED) is 0.792. The molecule has 3 nitrogen and oxygen atoms in total. The van der Waals surface area contributed by atoms with Gasteiger partial charge in [0, 0.05) is 13.1 Å². The lowest BCUT2D eigenvalue weighted by atomic mass is 10.2. The molecule has 0 radical (unpaired) electrons. The molecule has 84 valence electrons. The molecule has 0 aliphatic heterocycles. The minimum absolute atomic E-state index is 0.0328. The first-order valence-corrected chi connectivity index (χ1v) is 6.35. The van der Waals surface area contributed by atoms with E-state index in [-0.39, 0.29) is 6.04 Å². The third-order valence-corrected chi connectivity index (χ3v) is 4.67. The van der Waals surface area contributed by atoms with E-state index in [2.05, 4.69) is 0 Å².